The molecule has 38 heavy (non-hydrogen) atoms. The van der Waals surface area contributed by atoms with Crippen molar-refractivity contribution in [3.8, 4) is 11.1 Å². The van der Waals surface area contributed by atoms with Crippen molar-refractivity contribution in [3.63, 3.8) is 0 Å². The first-order valence-electron chi connectivity index (χ1n) is 14.0. The van der Waals surface area contributed by atoms with Gasteiger partial charge in [0.1, 0.15) is 5.60 Å². The molecule has 206 valence electrons. The molecule has 2 aliphatic rings. The molecule has 0 saturated carbocycles. The van der Waals surface area contributed by atoms with E-state index in [4.69, 9.17) is 9.47 Å². The third-order valence-electron chi connectivity index (χ3n) is 7.54. The number of amides is 2. The van der Waals surface area contributed by atoms with E-state index in [0.29, 0.717) is 45.0 Å². The van der Waals surface area contributed by atoms with E-state index in [2.05, 4.69) is 49.9 Å². The summed E-state index contributed by atoms with van der Waals surface area (Å²) in [5, 5.41) is 0. The fraction of sp³-hybridized carbons (Fsp3) is 0.548. The molecule has 2 aromatic carbocycles. The third-order valence-corrected chi connectivity index (χ3v) is 7.54. The van der Waals surface area contributed by atoms with Gasteiger partial charge in [-0.25, -0.2) is 4.79 Å². The second kappa shape index (κ2) is 11.8. The monoisotopic (exact) mass is 521 g/mol. The maximum absolute atomic E-state index is 12.9. The number of likely N-dealkylation sites (N-methyl/N-ethyl adjacent to an activating group) is 1. The number of anilines is 1. The lowest BCUT2D eigenvalue weighted by Crippen LogP contribution is -2.41. The van der Waals surface area contributed by atoms with E-state index < -0.39 is 5.60 Å². The number of ether oxygens (including phenoxy) is 2. The smallest absolute Gasteiger partial charge is 0.410 e. The minimum atomic E-state index is -0.497. The van der Waals surface area contributed by atoms with Gasteiger partial charge < -0.3 is 24.2 Å². The highest BCUT2D eigenvalue weighted by Gasteiger charge is 2.33. The lowest BCUT2D eigenvalue weighted by atomic mass is 9.95. The van der Waals surface area contributed by atoms with Crippen molar-refractivity contribution in [2.24, 2.45) is 0 Å². The molecule has 7 heteroatoms. The highest BCUT2D eigenvalue weighted by molar-refractivity contribution is 5.95. The standard InChI is InChI=1S/C31H43N3O4/c1-7-23-19-26(24-9-11-25(12-10-24)29(35)32-15-17-37-18-16-32)20-28(22(23)3)34(8-2)27-13-14-33(21-27)30(36)38-31(4,5)6/h9-12,19-20,27H,7-8,13-18,21H2,1-6H3. The summed E-state index contributed by atoms with van der Waals surface area (Å²) in [5.41, 5.74) is 6.27. The van der Waals surface area contributed by atoms with E-state index in [1.165, 1.54) is 16.8 Å². The summed E-state index contributed by atoms with van der Waals surface area (Å²) in [7, 11) is 0. The Hall–Kier alpha value is -3.06. The molecule has 2 heterocycles. The van der Waals surface area contributed by atoms with Gasteiger partial charge in [0.15, 0.2) is 0 Å². The zero-order valence-corrected chi connectivity index (χ0v) is 23.9. The van der Waals surface area contributed by atoms with Gasteiger partial charge in [-0.15, -0.1) is 0 Å². The van der Waals surface area contributed by atoms with Gasteiger partial charge in [0, 0.05) is 50.0 Å². The number of carbonyl (C=O) groups excluding carboxylic acids is 2. The van der Waals surface area contributed by atoms with Crippen molar-refractivity contribution in [2.45, 2.75) is 66.0 Å². The molecule has 0 N–H and O–H groups in total. The minimum Gasteiger partial charge on any atom is -0.444 e. The first kappa shape index (κ1) is 28.0. The van der Waals surface area contributed by atoms with Crippen molar-refractivity contribution < 1.29 is 19.1 Å². The number of hydrogen-bond donors (Lipinski definition) is 0. The number of rotatable bonds is 6. The predicted octanol–water partition coefficient (Wildman–Crippen LogP) is 5.53. The molecule has 2 aromatic rings. The van der Waals surface area contributed by atoms with Crippen LogP contribution in [0.5, 0.6) is 0 Å². The quantitative estimate of drug-likeness (QED) is 0.500. The third kappa shape index (κ3) is 6.32. The summed E-state index contributed by atoms with van der Waals surface area (Å²) >= 11 is 0. The van der Waals surface area contributed by atoms with Crippen molar-refractivity contribution in [1.29, 1.82) is 0 Å². The van der Waals surface area contributed by atoms with Gasteiger partial charge in [0.05, 0.1) is 13.2 Å². The number of nitrogens with zero attached hydrogens (tertiary/aromatic N) is 3. The molecule has 0 bridgehead atoms. The van der Waals surface area contributed by atoms with E-state index in [-0.39, 0.29) is 18.0 Å². The van der Waals surface area contributed by atoms with Crippen LogP contribution in [0.3, 0.4) is 0 Å². The van der Waals surface area contributed by atoms with E-state index >= 15 is 0 Å². The SMILES string of the molecule is CCc1cc(-c2ccc(C(=O)N3CCOCC3)cc2)cc(N(CC)C2CCN(C(=O)OC(C)(C)C)C2)c1C. The van der Waals surface area contributed by atoms with Crippen LogP contribution in [-0.4, -0.2) is 79.4 Å². The minimum absolute atomic E-state index is 0.0617. The zero-order chi connectivity index (χ0) is 27.4. The summed E-state index contributed by atoms with van der Waals surface area (Å²) < 4.78 is 11.0. The molecule has 7 nitrogen and oxygen atoms in total. The van der Waals surface area contributed by atoms with Gasteiger partial charge in [-0.3, -0.25) is 4.79 Å². The summed E-state index contributed by atoms with van der Waals surface area (Å²) in [4.78, 5) is 31.7. The average Bonchev–Trinajstić information content (AvgIpc) is 3.39. The molecule has 1 unspecified atom stereocenters. The van der Waals surface area contributed by atoms with Crippen molar-refractivity contribution in [3.05, 3.63) is 53.1 Å². The molecule has 4 rings (SSSR count). The van der Waals surface area contributed by atoms with Gasteiger partial charge in [-0.1, -0.05) is 25.1 Å². The number of carbonyl (C=O) groups is 2. The topological polar surface area (TPSA) is 62.3 Å². The van der Waals surface area contributed by atoms with E-state index in [9.17, 15) is 9.59 Å². The van der Waals surface area contributed by atoms with Crippen LogP contribution in [-0.2, 0) is 15.9 Å². The fourth-order valence-corrected chi connectivity index (χ4v) is 5.46. The summed E-state index contributed by atoms with van der Waals surface area (Å²) in [6.07, 6.45) is 1.62. The second-order valence-corrected chi connectivity index (χ2v) is 11.3. The number of likely N-dealkylation sites (tertiary alicyclic amines) is 1. The summed E-state index contributed by atoms with van der Waals surface area (Å²) in [6, 6.07) is 12.8. The molecule has 1 atom stereocenters. The number of aryl methyl sites for hydroxylation is 1. The molecular formula is C31H43N3O4. The maximum atomic E-state index is 12.9. The van der Waals surface area contributed by atoms with E-state index in [1.54, 1.807) is 0 Å². The van der Waals surface area contributed by atoms with Crippen molar-refractivity contribution in [2.75, 3.05) is 50.8 Å². The first-order valence-corrected chi connectivity index (χ1v) is 14.0. The Balaban J connectivity index is 1.57. The molecule has 0 radical (unpaired) electrons. The Morgan fingerprint density at radius 1 is 1.00 bits per heavy atom. The summed E-state index contributed by atoms with van der Waals surface area (Å²) in [6.45, 7) is 17.0. The maximum Gasteiger partial charge on any atom is 0.410 e. The molecule has 0 aliphatic carbocycles. The van der Waals surface area contributed by atoms with E-state index in [1.807, 2.05) is 42.7 Å². The number of benzene rings is 2. The molecule has 2 saturated heterocycles. The highest BCUT2D eigenvalue weighted by atomic mass is 16.6. The Labute approximate surface area is 227 Å². The van der Waals surface area contributed by atoms with Gasteiger partial charge in [-0.2, -0.15) is 0 Å². The average molecular weight is 522 g/mol. The van der Waals surface area contributed by atoms with Crippen molar-refractivity contribution >= 4 is 17.7 Å². The van der Waals surface area contributed by atoms with E-state index in [0.717, 1.165) is 30.5 Å². The van der Waals surface area contributed by atoms with Crippen LogP contribution in [0.25, 0.3) is 11.1 Å². The second-order valence-electron chi connectivity index (χ2n) is 11.3. The number of hydrogen-bond acceptors (Lipinski definition) is 5. The normalized spacial score (nSPS) is 18.0. The van der Waals surface area contributed by atoms with Gasteiger partial charge >= 0.3 is 6.09 Å². The molecular weight excluding hydrogens is 478 g/mol. The molecule has 2 fully saturated rings. The molecule has 2 amide bonds. The predicted molar refractivity (Wildman–Crippen MR) is 152 cm³/mol. The molecule has 0 aromatic heterocycles. The lowest BCUT2D eigenvalue weighted by molar-refractivity contribution is 0.0291. The van der Waals surface area contributed by atoms with Crippen LogP contribution in [0.1, 0.15) is 62.5 Å². The Kier molecular flexibility index (Phi) is 8.66. The largest absolute Gasteiger partial charge is 0.444 e. The highest BCUT2D eigenvalue weighted by Crippen LogP contribution is 2.34. The Morgan fingerprint density at radius 3 is 2.29 bits per heavy atom. The van der Waals surface area contributed by atoms with Crippen LogP contribution < -0.4 is 4.90 Å². The number of morpholine rings is 1. The summed E-state index contributed by atoms with van der Waals surface area (Å²) in [5.74, 6) is 0.0617. The van der Waals surface area contributed by atoms with Crippen LogP contribution in [0.4, 0.5) is 10.5 Å². The Morgan fingerprint density at radius 2 is 1.68 bits per heavy atom. The lowest BCUT2D eigenvalue weighted by Gasteiger charge is -2.33. The van der Waals surface area contributed by atoms with Crippen LogP contribution in [0.15, 0.2) is 36.4 Å². The van der Waals surface area contributed by atoms with Crippen LogP contribution in [0, 0.1) is 6.92 Å². The zero-order valence-electron chi connectivity index (χ0n) is 23.9. The first-order chi connectivity index (χ1) is 18.1. The van der Waals surface area contributed by atoms with Gasteiger partial charge in [-0.05, 0) is 87.9 Å². The van der Waals surface area contributed by atoms with Crippen molar-refractivity contribution in [1.82, 2.24) is 9.80 Å². The fourth-order valence-electron chi connectivity index (χ4n) is 5.46. The van der Waals surface area contributed by atoms with Gasteiger partial charge in [0.2, 0.25) is 0 Å². The Bertz CT molecular complexity index is 1130. The van der Waals surface area contributed by atoms with Crippen LogP contribution >= 0.6 is 0 Å². The molecule has 2 aliphatic heterocycles. The molecule has 0 spiro atoms. The van der Waals surface area contributed by atoms with Crippen LogP contribution in [0.2, 0.25) is 0 Å². The van der Waals surface area contributed by atoms with Gasteiger partial charge in [0.25, 0.3) is 5.91 Å².